The van der Waals surface area contributed by atoms with Gasteiger partial charge in [-0.3, -0.25) is 4.79 Å². The molecule has 0 radical (unpaired) electrons. The maximum absolute atomic E-state index is 12.3. The van der Waals surface area contributed by atoms with Crippen molar-refractivity contribution in [1.82, 2.24) is 4.98 Å². The Balaban J connectivity index is 2.11. The summed E-state index contributed by atoms with van der Waals surface area (Å²) < 4.78 is 10.8. The van der Waals surface area contributed by atoms with Gasteiger partial charge in [-0.2, -0.15) is 0 Å². The minimum absolute atomic E-state index is 0.0629. The maximum Gasteiger partial charge on any atom is 0.358 e. The molecule has 1 saturated heterocycles. The molecule has 1 fully saturated rings. The smallest absolute Gasteiger partial charge is 0.358 e. The van der Waals surface area contributed by atoms with Crippen LogP contribution >= 0.6 is 15.9 Å². The highest BCUT2D eigenvalue weighted by Crippen LogP contribution is 2.26. The van der Waals surface area contributed by atoms with Crippen LogP contribution in [0.5, 0.6) is 0 Å². The number of methoxy groups -OCH3 is 1. The Morgan fingerprint density at radius 3 is 2.42 bits per heavy atom. The van der Waals surface area contributed by atoms with Crippen LogP contribution in [0.1, 0.15) is 44.1 Å². The topological polar surface area (TPSA) is 68.7 Å². The molecule has 0 aromatic carbocycles. The molecular weight excluding hydrogens is 376 g/mol. The molecule has 0 spiro atoms. The molecule has 0 unspecified atom stereocenters. The molecule has 0 saturated carbocycles. The lowest BCUT2D eigenvalue weighted by Gasteiger charge is -2.31. The first-order valence-electron chi connectivity index (χ1n) is 7.94. The molecule has 7 heteroatoms. The number of aromatic nitrogens is 1. The van der Waals surface area contributed by atoms with Crippen molar-refractivity contribution in [3.8, 4) is 0 Å². The van der Waals surface area contributed by atoms with Crippen LogP contribution in [0.2, 0.25) is 0 Å². The summed E-state index contributed by atoms with van der Waals surface area (Å²) in [6.07, 6.45) is 1.43. The average molecular weight is 399 g/mol. The Morgan fingerprint density at radius 2 is 1.88 bits per heavy atom. The first-order chi connectivity index (χ1) is 11.2. The molecule has 2 rings (SSSR count). The molecule has 24 heavy (non-hydrogen) atoms. The number of hydrogen-bond donors (Lipinski definition) is 0. The van der Waals surface area contributed by atoms with Gasteiger partial charge >= 0.3 is 11.9 Å². The van der Waals surface area contributed by atoms with Crippen molar-refractivity contribution in [2.45, 2.75) is 39.2 Å². The van der Waals surface area contributed by atoms with Gasteiger partial charge in [0.15, 0.2) is 5.69 Å². The van der Waals surface area contributed by atoms with Crippen LogP contribution in [0.15, 0.2) is 16.6 Å². The third kappa shape index (κ3) is 4.69. The number of anilines is 1. The van der Waals surface area contributed by atoms with E-state index in [0.717, 1.165) is 0 Å². The third-order valence-corrected chi connectivity index (χ3v) is 4.42. The van der Waals surface area contributed by atoms with Gasteiger partial charge in [0, 0.05) is 13.1 Å². The van der Waals surface area contributed by atoms with Crippen molar-refractivity contribution in [1.29, 1.82) is 0 Å². The molecule has 0 atom stereocenters. The highest BCUT2D eigenvalue weighted by atomic mass is 79.9. The lowest BCUT2D eigenvalue weighted by molar-refractivity contribution is -0.146. The Bertz CT molecular complexity index is 620. The number of ether oxygens (including phenoxy) is 2. The molecule has 1 aliphatic rings. The van der Waals surface area contributed by atoms with Crippen LogP contribution in [0.4, 0.5) is 5.82 Å². The van der Waals surface area contributed by atoms with Crippen LogP contribution in [-0.2, 0) is 14.3 Å². The van der Waals surface area contributed by atoms with Gasteiger partial charge in [0.25, 0.3) is 0 Å². The van der Waals surface area contributed by atoms with Gasteiger partial charge in [-0.1, -0.05) is 0 Å². The second kappa shape index (κ2) is 7.51. The SMILES string of the molecule is COC(=O)C1CCN(c2ccc(Br)c(C(=O)OC(C)(C)C)n2)CC1. The summed E-state index contributed by atoms with van der Waals surface area (Å²) in [5.74, 6) is 0.0305. The maximum atomic E-state index is 12.3. The van der Waals surface area contributed by atoms with Crippen LogP contribution in [0.3, 0.4) is 0 Å². The molecule has 0 amide bonds. The first kappa shape index (κ1) is 18.7. The lowest BCUT2D eigenvalue weighted by Crippen LogP contribution is -2.37. The zero-order valence-corrected chi connectivity index (χ0v) is 16.1. The molecule has 6 nitrogen and oxygen atoms in total. The highest BCUT2D eigenvalue weighted by molar-refractivity contribution is 9.10. The predicted octanol–water partition coefficient (Wildman–Crippen LogP) is 3.19. The summed E-state index contributed by atoms with van der Waals surface area (Å²) in [6, 6.07) is 3.66. The van der Waals surface area contributed by atoms with E-state index < -0.39 is 11.6 Å². The Kier molecular flexibility index (Phi) is 5.85. The van der Waals surface area contributed by atoms with E-state index in [1.54, 1.807) is 6.07 Å². The van der Waals surface area contributed by atoms with Gasteiger partial charge in [-0.15, -0.1) is 0 Å². The van der Waals surface area contributed by atoms with Crippen molar-refractivity contribution in [3.05, 3.63) is 22.3 Å². The molecule has 2 heterocycles. The Morgan fingerprint density at radius 1 is 1.25 bits per heavy atom. The molecule has 0 N–H and O–H groups in total. The number of esters is 2. The highest BCUT2D eigenvalue weighted by Gasteiger charge is 2.27. The van der Waals surface area contributed by atoms with E-state index in [9.17, 15) is 9.59 Å². The van der Waals surface area contributed by atoms with Crippen LogP contribution < -0.4 is 4.90 Å². The molecule has 1 aliphatic heterocycles. The van der Waals surface area contributed by atoms with Gasteiger partial charge < -0.3 is 14.4 Å². The molecule has 132 valence electrons. The van der Waals surface area contributed by atoms with E-state index >= 15 is 0 Å². The molecular formula is C17H23BrN2O4. The second-order valence-corrected chi connectivity index (χ2v) is 7.64. The number of halogens is 1. The average Bonchev–Trinajstić information content (AvgIpc) is 2.53. The first-order valence-corrected chi connectivity index (χ1v) is 8.73. The van der Waals surface area contributed by atoms with Crippen molar-refractivity contribution in [3.63, 3.8) is 0 Å². The second-order valence-electron chi connectivity index (χ2n) is 6.79. The van der Waals surface area contributed by atoms with Gasteiger partial charge in [0.05, 0.1) is 17.5 Å². The van der Waals surface area contributed by atoms with Crippen LogP contribution in [0.25, 0.3) is 0 Å². The Labute approximate surface area is 150 Å². The summed E-state index contributed by atoms with van der Waals surface area (Å²) in [7, 11) is 1.41. The van der Waals surface area contributed by atoms with Crippen molar-refractivity contribution in [2.75, 3.05) is 25.1 Å². The monoisotopic (exact) mass is 398 g/mol. The zero-order valence-electron chi connectivity index (χ0n) is 14.5. The fraction of sp³-hybridized carbons (Fsp3) is 0.588. The van der Waals surface area contributed by atoms with Gasteiger partial charge in [0.2, 0.25) is 0 Å². The molecule has 1 aromatic rings. The Hall–Kier alpha value is -1.63. The third-order valence-electron chi connectivity index (χ3n) is 3.78. The van der Waals surface area contributed by atoms with Crippen LogP contribution in [-0.4, -0.2) is 42.7 Å². The molecule has 1 aromatic heterocycles. The minimum Gasteiger partial charge on any atom is -0.469 e. The van der Waals surface area contributed by atoms with Gasteiger partial charge in [-0.05, 0) is 61.7 Å². The number of carbonyl (C=O) groups excluding carboxylic acids is 2. The minimum atomic E-state index is -0.576. The number of rotatable bonds is 3. The van der Waals surface area contributed by atoms with E-state index in [1.165, 1.54) is 7.11 Å². The summed E-state index contributed by atoms with van der Waals surface area (Å²) >= 11 is 3.36. The number of pyridine rings is 1. The van der Waals surface area contributed by atoms with Crippen molar-refractivity contribution < 1.29 is 19.1 Å². The van der Waals surface area contributed by atoms with E-state index in [1.807, 2.05) is 26.8 Å². The predicted molar refractivity (Wildman–Crippen MR) is 94.1 cm³/mol. The molecule has 0 aliphatic carbocycles. The van der Waals surface area contributed by atoms with Crippen molar-refractivity contribution in [2.24, 2.45) is 5.92 Å². The van der Waals surface area contributed by atoms with E-state index in [-0.39, 0.29) is 17.6 Å². The van der Waals surface area contributed by atoms with Gasteiger partial charge in [-0.25, -0.2) is 9.78 Å². The van der Waals surface area contributed by atoms with Crippen LogP contribution in [0, 0.1) is 5.92 Å². The normalized spacial score (nSPS) is 16.0. The standard InChI is InChI=1S/C17H23BrN2O4/c1-17(2,3)24-16(22)14-12(18)5-6-13(19-14)20-9-7-11(8-10-20)15(21)23-4/h5-6,11H,7-10H2,1-4H3. The van der Waals surface area contributed by atoms with E-state index in [0.29, 0.717) is 36.2 Å². The molecule has 0 bridgehead atoms. The van der Waals surface area contributed by atoms with E-state index in [2.05, 4.69) is 25.8 Å². The summed E-state index contributed by atoms with van der Waals surface area (Å²) in [5.41, 5.74) is -0.315. The number of carbonyl (C=O) groups is 2. The summed E-state index contributed by atoms with van der Waals surface area (Å²) in [5, 5.41) is 0. The fourth-order valence-electron chi connectivity index (χ4n) is 2.59. The fourth-order valence-corrected chi connectivity index (χ4v) is 2.97. The largest absolute Gasteiger partial charge is 0.469 e. The lowest BCUT2D eigenvalue weighted by atomic mass is 9.97. The number of piperidine rings is 1. The number of nitrogens with zero attached hydrogens (tertiary/aromatic N) is 2. The zero-order chi connectivity index (χ0) is 17.9. The quantitative estimate of drug-likeness (QED) is 0.728. The summed E-state index contributed by atoms with van der Waals surface area (Å²) in [6.45, 7) is 6.85. The van der Waals surface area contributed by atoms with E-state index in [4.69, 9.17) is 9.47 Å². The van der Waals surface area contributed by atoms with Gasteiger partial charge in [0.1, 0.15) is 11.4 Å². The van der Waals surface area contributed by atoms with Crippen molar-refractivity contribution >= 4 is 33.7 Å². The number of hydrogen-bond acceptors (Lipinski definition) is 6. The summed E-state index contributed by atoms with van der Waals surface area (Å²) in [4.78, 5) is 30.4.